The first-order valence-corrected chi connectivity index (χ1v) is 11.8. The van der Waals surface area contributed by atoms with Gasteiger partial charge in [-0.25, -0.2) is 9.97 Å². The minimum absolute atomic E-state index is 0.0255. The van der Waals surface area contributed by atoms with Gasteiger partial charge in [-0.2, -0.15) is 10.1 Å². The van der Waals surface area contributed by atoms with Gasteiger partial charge in [0.05, 0.1) is 18.5 Å². The maximum atomic E-state index is 12.8. The summed E-state index contributed by atoms with van der Waals surface area (Å²) in [6, 6.07) is 6.54. The van der Waals surface area contributed by atoms with Crippen LogP contribution >= 0.6 is 0 Å². The number of nitrogens with zero attached hydrogens (tertiary/aromatic N) is 6. The lowest BCUT2D eigenvalue weighted by atomic mass is 10.2. The van der Waals surface area contributed by atoms with E-state index in [1.807, 2.05) is 13.8 Å². The Bertz CT molecular complexity index is 1420. The van der Waals surface area contributed by atoms with E-state index in [1.54, 1.807) is 42.2 Å². The fraction of sp³-hybridized carbons (Fsp3) is 0.320. The largest absolute Gasteiger partial charge is 0.491 e. The molecule has 0 bridgehead atoms. The second-order valence-electron chi connectivity index (χ2n) is 9.02. The molecule has 1 fully saturated rings. The number of ketones is 1. The molecular formula is C25H25N7O5. The minimum Gasteiger partial charge on any atom is -0.491 e. The summed E-state index contributed by atoms with van der Waals surface area (Å²) in [5.74, 6) is 1.41. The van der Waals surface area contributed by atoms with Crippen LogP contribution in [0.2, 0.25) is 0 Å². The van der Waals surface area contributed by atoms with Crippen LogP contribution in [0.1, 0.15) is 54.2 Å². The quantitative estimate of drug-likeness (QED) is 0.314. The second-order valence-corrected chi connectivity index (χ2v) is 9.02. The SMILES string of the molecule is CC(C)Oc1cc(Oc2cnc(-c3noc(C(=O)CC4CC4)n3)cn2)cc(C(=O)Nc2ccn(C)n2)c1. The molecule has 1 aliphatic rings. The number of aryl methyl sites for hydroxylation is 1. The van der Waals surface area contributed by atoms with Crippen molar-refractivity contribution in [2.75, 3.05) is 5.32 Å². The number of amides is 1. The van der Waals surface area contributed by atoms with Crippen molar-refractivity contribution >= 4 is 17.5 Å². The molecule has 1 aliphatic carbocycles. The van der Waals surface area contributed by atoms with Crippen LogP contribution in [0, 0.1) is 5.92 Å². The van der Waals surface area contributed by atoms with E-state index in [2.05, 4.69) is 30.5 Å². The summed E-state index contributed by atoms with van der Waals surface area (Å²) >= 11 is 0. The third-order valence-corrected chi connectivity index (χ3v) is 5.38. The Morgan fingerprint density at radius 2 is 1.97 bits per heavy atom. The van der Waals surface area contributed by atoms with E-state index in [4.69, 9.17) is 14.0 Å². The number of anilines is 1. The molecule has 1 aromatic carbocycles. The molecule has 3 aromatic heterocycles. The standard InChI is InChI=1S/C25H25N7O5/c1-14(2)35-17-9-16(24(34)28-21-6-7-32(3)30-21)10-18(11-17)36-22-13-26-19(12-27-22)23-29-25(37-31-23)20(33)8-15-4-5-15/h6-7,9-15H,4-5,8H2,1-3H3,(H,28,30,34). The number of carbonyl (C=O) groups excluding carboxylic acids is 2. The molecule has 0 spiro atoms. The number of hydrogen-bond acceptors (Lipinski definition) is 10. The van der Waals surface area contributed by atoms with Gasteiger partial charge in [-0.05, 0) is 44.7 Å². The highest BCUT2D eigenvalue weighted by Gasteiger charge is 2.28. The van der Waals surface area contributed by atoms with E-state index >= 15 is 0 Å². The van der Waals surface area contributed by atoms with E-state index in [-0.39, 0.29) is 35.4 Å². The summed E-state index contributed by atoms with van der Waals surface area (Å²) in [6.45, 7) is 3.77. The van der Waals surface area contributed by atoms with E-state index in [0.29, 0.717) is 40.9 Å². The van der Waals surface area contributed by atoms with Crippen molar-refractivity contribution in [2.24, 2.45) is 13.0 Å². The number of benzene rings is 1. The molecule has 37 heavy (non-hydrogen) atoms. The van der Waals surface area contributed by atoms with Crippen molar-refractivity contribution in [3.8, 4) is 28.9 Å². The summed E-state index contributed by atoms with van der Waals surface area (Å²) in [5.41, 5.74) is 0.646. The van der Waals surface area contributed by atoms with Crippen molar-refractivity contribution in [3.63, 3.8) is 0 Å². The molecule has 5 rings (SSSR count). The zero-order chi connectivity index (χ0) is 25.9. The Morgan fingerprint density at radius 1 is 1.16 bits per heavy atom. The Labute approximate surface area is 212 Å². The fourth-order valence-electron chi connectivity index (χ4n) is 3.49. The number of nitrogens with one attached hydrogen (secondary N) is 1. The van der Waals surface area contributed by atoms with Gasteiger partial charge < -0.3 is 19.3 Å². The van der Waals surface area contributed by atoms with Gasteiger partial charge in [0, 0.05) is 37.4 Å². The number of ether oxygens (including phenoxy) is 2. The van der Waals surface area contributed by atoms with E-state index < -0.39 is 0 Å². The topological polar surface area (TPSA) is 147 Å². The first-order chi connectivity index (χ1) is 17.8. The zero-order valence-electron chi connectivity index (χ0n) is 20.5. The lowest BCUT2D eigenvalue weighted by Gasteiger charge is -2.13. The van der Waals surface area contributed by atoms with Gasteiger partial charge in [0.15, 0.2) is 5.82 Å². The monoisotopic (exact) mass is 503 g/mol. The predicted molar refractivity (Wildman–Crippen MR) is 130 cm³/mol. The average Bonchev–Trinajstić information content (AvgIpc) is 3.35. The maximum Gasteiger partial charge on any atom is 0.294 e. The maximum absolute atomic E-state index is 12.8. The first-order valence-electron chi connectivity index (χ1n) is 11.8. The van der Waals surface area contributed by atoms with Gasteiger partial charge >= 0.3 is 0 Å². The van der Waals surface area contributed by atoms with Crippen molar-refractivity contribution < 1.29 is 23.6 Å². The van der Waals surface area contributed by atoms with Gasteiger partial charge in [0.25, 0.3) is 11.8 Å². The molecule has 12 heteroatoms. The Hall–Kier alpha value is -4.61. The molecule has 0 saturated heterocycles. The Balaban J connectivity index is 1.31. The molecule has 12 nitrogen and oxygen atoms in total. The van der Waals surface area contributed by atoms with Crippen LogP contribution in [0.5, 0.6) is 17.4 Å². The molecule has 1 N–H and O–H groups in total. The molecule has 3 heterocycles. The molecule has 1 saturated carbocycles. The molecule has 0 aliphatic heterocycles. The molecule has 4 aromatic rings. The summed E-state index contributed by atoms with van der Waals surface area (Å²) in [4.78, 5) is 37.7. The van der Waals surface area contributed by atoms with Gasteiger partial charge in [0.1, 0.15) is 17.2 Å². The predicted octanol–water partition coefficient (Wildman–Crippen LogP) is 4.07. The smallest absolute Gasteiger partial charge is 0.294 e. The summed E-state index contributed by atoms with van der Waals surface area (Å²) in [7, 11) is 1.76. The van der Waals surface area contributed by atoms with Crippen LogP contribution in [0.4, 0.5) is 5.82 Å². The van der Waals surface area contributed by atoms with Gasteiger partial charge in [-0.15, -0.1) is 0 Å². The van der Waals surface area contributed by atoms with Gasteiger partial charge in [-0.1, -0.05) is 5.16 Å². The van der Waals surface area contributed by atoms with Crippen molar-refractivity contribution in [3.05, 3.63) is 54.3 Å². The third-order valence-electron chi connectivity index (χ3n) is 5.38. The van der Waals surface area contributed by atoms with Crippen molar-refractivity contribution in [1.82, 2.24) is 29.9 Å². The van der Waals surface area contributed by atoms with Crippen LogP contribution in [0.25, 0.3) is 11.5 Å². The lowest BCUT2D eigenvalue weighted by molar-refractivity contribution is 0.0932. The van der Waals surface area contributed by atoms with E-state index in [0.717, 1.165) is 12.8 Å². The minimum atomic E-state index is -0.372. The highest BCUT2D eigenvalue weighted by atomic mass is 16.5. The number of Topliss-reactive ketones (excluding diaryl/α,β-unsaturated/α-hetero) is 1. The molecule has 0 unspecified atom stereocenters. The van der Waals surface area contributed by atoms with Crippen LogP contribution in [0.15, 0.2) is 47.4 Å². The number of aromatic nitrogens is 6. The molecular weight excluding hydrogens is 478 g/mol. The van der Waals surface area contributed by atoms with Crippen molar-refractivity contribution in [1.29, 1.82) is 0 Å². The fourth-order valence-corrected chi connectivity index (χ4v) is 3.49. The second kappa shape index (κ2) is 10.2. The summed E-state index contributed by atoms with van der Waals surface area (Å²) < 4.78 is 18.3. The number of rotatable bonds is 10. The highest BCUT2D eigenvalue weighted by Crippen LogP contribution is 2.33. The van der Waals surface area contributed by atoms with Crippen LogP contribution < -0.4 is 14.8 Å². The Kier molecular flexibility index (Phi) is 6.62. The number of hydrogen-bond donors (Lipinski definition) is 1. The summed E-state index contributed by atoms with van der Waals surface area (Å²) in [5, 5.41) is 10.7. The normalized spacial score (nSPS) is 13.0. The number of carbonyl (C=O) groups is 2. The summed E-state index contributed by atoms with van der Waals surface area (Å²) in [6.07, 6.45) is 6.95. The van der Waals surface area contributed by atoms with Gasteiger partial charge in [0.2, 0.25) is 17.5 Å². The average molecular weight is 504 g/mol. The third kappa shape index (κ3) is 6.15. The van der Waals surface area contributed by atoms with Crippen LogP contribution in [-0.4, -0.2) is 47.7 Å². The first kappa shape index (κ1) is 24.1. The molecule has 1 amide bonds. The van der Waals surface area contributed by atoms with Crippen molar-refractivity contribution in [2.45, 2.75) is 39.2 Å². The molecule has 0 atom stereocenters. The molecule has 190 valence electrons. The van der Waals surface area contributed by atoms with Crippen LogP contribution in [0.3, 0.4) is 0 Å². The van der Waals surface area contributed by atoms with Crippen LogP contribution in [-0.2, 0) is 7.05 Å². The van der Waals surface area contributed by atoms with E-state index in [9.17, 15) is 9.59 Å². The van der Waals surface area contributed by atoms with E-state index in [1.165, 1.54) is 12.4 Å². The van der Waals surface area contributed by atoms with Gasteiger partial charge in [-0.3, -0.25) is 14.3 Å². The highest BCUT2D eigenvalue weighted by molar-refractivity contribution is 6.04. The lowest BCUT2D eigenvalue weighted by Crippen LogP contribution is -2.13. The Morgan fingerprint density at radius 3 is 2.65 bits per heavy atom. The molecule has 0 radical (unpaired) electrons. The zero-order valence-corrected chi connectivity index (χ0v) is 20.5.